The average molecular weight is 338 g/mol. The van der Waals surface area contributed by atoms with Gasteiger partial charge in [0, 0.05) is 18.2 Å². The summed E-state index contributed by atoms with van der Waals surface area (Å²) < 4.78 is 5.80. The molecule has 4 rings (SSSR count). The first kappa shape index (κ1) is 16.0. The van der Waals surface area contributed by atoms with Crippen LogP contribution in [0.2, 0.25) is 0 Å². The quantitative estimate of drug-likeness (QED) is 0.897. The van der Waals surface area contributed by atoms with Crippen molar-refractivity contribution in [1.82, 2.24) is 15.3 Å². The number of anilines is 1. The van der Waals surface area contributed by atoms with Crippen molar-refractivity contribution in [2.45, 2.75) is 37.8 Å². The smallest absolute Gasteiger partial charge is 0.319 e. The monoisotopic (exact) mass is 338 g/mol. The number of nitrogens with zero attached hydrogens (tertiary/aromatic N) is 2. The Labute approximate surface area is 147 Å². The van der Waals surface area contributed by atoms with Crippen LogP contribution >= 0.6 is 0 Å². The lowest BCUT2D eigenvalue weighted by Gasteiger charge is -2.30. The number of rotatable bonds is 4. The van der Waals surface area contributed by atoms with Crippen LogP contribution in [0.5, 0.6) is 0 Å². The number of carbonyl (C=O) groups is 1. The fraction of sp³-hybridized carbons (Fsp3) is 0.421. The highest BCUT2D eigenvalue weighted by atomic mass is 16.5. The zero-order valence-corrected chi connectivity index (χ0v) is 14.0. The number of nitrogens with one attached hydrogen (secondary N) is 2. The molecule has 130 valence electrons. The van der Waals surface area contributed by atoms with Crippen LogP contribution < -0.4 is 10.6 Å². The summed E-state index contributed by atoms with van der Waals surface area (Å²) in [6.45, 7) is 0.723. The van der Waals surface area contributed by atoms with Gasteiger partial charge in [0.2, 0.25) is 0 Å². The molecule has 0 radical (unpaired) electrons. The Morgan fingerprint density at radius 2 is 1.84 bits per heavy atom. The normalized spacial score (nSPS) is 23.0. The number of ether oxygens (including phenoxy) is 1. The van der Waals surface area contributed by atoms with Gasteiger partial charge in [0.05, 0.1) is 24.2 Å². The molecule has 0 spiro atoms. The molecule has 2 amide bonds. The second-order valence-electron chi connectivity index (χ2n) is 6.73. The molecule has 1 aromatic heterocycles. The number of hydrogen-bond donors (Lipinski definition) is 2. The standard InChI is InChI=1S/C19H22N4O2/c24-19(22-15-8-9-25-17(10-15)13-6-7-13)23-16-11-20-18(21-12-16)14-4-2-1-3-5-14/h1-5,11-13,15,17H,6-10H2,(H2,22,23,24). The molecule has 1 aliphatic heterocycles. The topological polar surface area (TPSA) is 76.1 Å². The van der Waals surface area contributed by atoms with Gasteiger partial charge in [-0.3, -0.25) is 0 Å². The second-order valence-corrected chi connectivity index (χ2v) is 6.73. The number of amides is 2. The lowest BCUT2D eigenvalue weighted by Crippen LogP contribution is -2.44. The molecule has 25 heavy (non-hydrogen) atoms. The molecule has 2 atom stereocenters. The fourth-order valence-corrected chi connectivity index (χ4v) is 3.24. The van der Waals surface area contributed by atoms with Crippen molar-refractivity contribution >= 4 is 11.7 Å². The third-order valence-corrected chi connectivity index (χ3v) is 4.74. The molecule has 2 unspecified atom stereocenters. The molecule has 6 nitrogen and oxygen atoms in total. The number of carbonyl (C=O) groups excluding carboxylic acids is 1. The van der Waals surface area contributed by atoms with Gasteiger partial charge in [-0.15, -0.1) is 0 Å². The fourth-order valence-electron chi connectivity index (χ4n) is 3.24. The maximum absolute atomic E-state index is 12.2. The third kappa shape index (κ3) is 4.14. The third-order valence-electron chi connectivity index (χ3n) is 4.74. The van der Waals surface area contributed by atoms with E-state index in [2.05, 4.69) is 20.6 Å². The molecular weight excluding hydrogens is 316 g/mol. The van der Waals surface area contributed by atoms with Crippen LogP contribution in [0.25, 0.3) is 11.4 Å². The number of urea groups is 1. The maximum Gasteiger partial charge on any atom is 0.319 e. The van der Waals surface area contributed by atoms with Crippen LogP contribution in [0.3, 0.4) is 0 Å². The van der Waals surface area contributed by atoms with Crippen molar-refractivity contribution in [3.63, 3.8) is 0 Å². The summed E-state index contributed by atoms with van der Waals surface area (Å²) in [5.74, 6) is 1.34. The number of benzene rings is 1. The molecule has 2 aliphatic rings. The Balaban J connectivity index is 1.31. The van der Waals surface area contributed by atoms with E-state index in [-0.39, 0.29) is 12.1 Å². The molecule has 1 saturated heterocycles. The van der Waals surface area contributed by atoms with Gasteiger partial charge < -0.3 is 15.4 Å². The van der Waals surface area contributed by atoms with E-state index in [0.717, 1.165) is 25.0 Å². The van der Waals surface area contributed by atoms with Crippen LogP contribution in [0.4, 0.5) is 10.5 Å². The van der Waals surface area contributed by atoms with Gasteiger partial charge in [-0.1, -0.05) is 30.3 Å². The minimum Gasteiger partial charge on any atom is -0.378 e. The number of hydrogen-bond acceptors (Lipinski definition) is 4. The summed E-state index contributed by atoms with van der Waals surface area (Å²) in [7, 11) is 0. The molecule has 2 heterocycles. The van der Waals surface area contributed by atoms with Crippen molar-refractivity contribution in [2.24, 2.45) is 5.92 Å². The van der Waals surface area contributed by atoms with E-state index >= 15 is 0 Å². The summed E-state index contributed by atoms with van der Waals surface area (Å²) in [6.07, 6.45) is 7.86. The van der Waals surface area contributed by atoms with Crippen LogP contribution in [-0.2, 0) is 4.74 Å². The molecule has 1 aliphatic carbocycles. The first-order valence-corrected chi connectivity index (χ1v) is 8.84. The van der Waals surface area contributed by atoms with Gasteiger partial charge in [0.25, 0.3) is 0 Å². The minimum atomic E-state index is -0.211. The summed E-state index contributed by atoms with van der Waals surface area (Å²) in [5.41, 5.74) is 1.54. The zero-order valence-electron chi connectivity index (χ0n) is 14.0. The highest BCUT2D eigenvalue weighted by Crippen LogP contribution is 2.38. The largest absolute Gasteiger partial charge is 0.378 e. The molecule has 2 aromatic rings. The lowest BCUT2D eigenvalue weighted by molar-refractivity contribution is -0.00889. The van der Waals surface area contributed by atoms with Gasteiger partial charge >= 0.3 is 6.03 Å². The molecule has 2 N–H and O–H groups in total. The van der Waals surface area contributed by atoms with Crippen LogP contribution in [-0.4, -0.2) is 34.8 Å². The SMILES string of the molecule is O=C(Nc1cnc(-c2ccccc2)nc1)NC1CCOC(C2CC2)C1. The molecule has 1 saturated carbocycles. The van der Waals surface area contributed by atoms with E-state index in [4.69, 9.17) is 4.74 Å². The van der Waals surface area contributed by atoms with Gasteiger partial charge in [-0.2, -0.15) is 0 Å². The Morgan fingerprint density at radius 1 is 1.08 bits per heavy atom. The maximum atomic E-state index is 12.2. The summed E-state index contributed by atoms with van der Waals surface area (Å²) in [4.78, 5) is 20.8. The van der Waals surface area contributed by atoms with E-state index in [1.165, 1.54) is 12.8 Å². The van der Waals surface area contributed by atoms with Gasteiger partial charge in [0.15, 0.2) is 5.82 Å². The Kier molecular flexibility index (Phi) is 4.61. The van der Waals surface area contributed by atoms with Crippen molar-refractivity contribution < 1.29 is 9.53 Å². The Hall–Kier alpha value is -2.47. The summed E-state index contributed by atoms with van der Waals surface area (Å²) in [6, 6.07) is 9.71. The van der Waals surface area contributed by atoms with Gasteiger partial charge in [-0.25, -0.2) is 14.8 Å². The Bertz CT molecular complexity index is 716. The van der Waals surface area contributed by atoms with Gasteiger partial charge in [0.1, 0.15) is 0 Å². The number of aromatic nitrogens is 2. The molecule has 1 aromatic carbocycles. The lowest BCUT2D eigenvalue weighted by atomic mass is 10.0. The van der Waals surface area contributed by atoms with Crippen molar-refractivity contribution in [3.8, 4) is 11.4 Å². The minimum absolute atomic E-state index is 0.170. The van der Waals surface area contributed by atoms with Crippen molar-refractivity contribution in [3.05, 3.63) is 42.7 Å². The summed E-state index contributed by atoms with van der Waals surface area (Å²) in [5, 5.41) is 5.85. The molecule has 6 heteroatoms. The van der Waals surface area contributed by atoms with E-state index in [1.807, 2.05) is 30.3 Å². The van der Waals surface area contributed by atoms with Crippen LogP contribution in [0.15, 0.2) is 42.7 Å². The molecule has 0 bridgehead atoms. The average Bonchev–Trinajstić information content (AvgIpc) is 3.48. The molecule has 2 fully saturated rings. The highest BCUT2D eigenvalue weighted by molar-refractivity contribution is 5.89. The van der Waals surface area contributed by atoms with Crippen molar-refractivity contribution in [1.29, 1.82) is 0 Å². The van der Waals surface area contributed by atoms with Crippen LogP contribution in [0.1, 0.15) is 25.7 Å². The van der Waals surface area contributed by atoms with E-state index in [9.17, 15) is 4.79 Å². The predicted octanol–water partition coefficient (Wildman–Crippen LogP) is 3.22. The highest BCUT2D eigenvalue weighted by Gasteiger charge is 2.36. The van der Waals surface area contributed by atoms with Gasteiger partial charge in [-0.05, 0) is 31.6 Å². The van der Waals surface area contributed by atoms with Crippen molar-refractivity contribution in [2.75, 3.05) is 11.9 Å². The van der Waals surface area contributed by atoms with E-state index < -0.39 is 0 Å². The first-order chi connectivity index (χ1) is 12.3. The Morgan fingerprint density at radius 3 is 2.56 bits per heavy atom. The second kappa shape index (κ2) is 7.19. The van der Waals surface area contributed by atoms with Crippen LogP contribution in [0, 0.1) is 5.92 Å². The first-order valence-electron chi connectivity index (χ1n) is 8.84. The zero-order chi connectivity index (χ0) is 17.1. The van der Waals surface area contributed by atoms with E-state index in [0.29, 0.717) is 23.5 Å². The van der Waals surface area contributed by atoms with E-state index in [1.54, 1.807) is 12.4 Å². The predicted molar refractivity (Wildman–Crippen MR) is 95.1 cm³/mol. The summed E-state index contributed by atoms with van der Waals surface area (Å²) >= 11 is 0. The molecular formula is C19H22N4O2.